The summed E-state index contributed by atoms with van der Waals surface area (Å²) in [6, 6.07) is 13.0. The molecule has 2 fully saturated rings. The monoisotopic (exact) mass is 569 g/mol. The van der Waals surface area contributed by atoms with E-state index >= 15 is 4.11 Å². The quantitative estimate of drug-likeness (QED) is 0.323. The van der Waals surface area contributed by atoms with Gasteiger partial charge >= 0.3 is 0 Å². The smallest absolute Gasteiger partial charge is 0.264 e. The second kappa shape index (κ2) is 11.2. The second-order valence-electron chi connectivity index (χ2n) is 11.8. The fourth-order valence-electron chi connectivity index (χ4n) is 6.90. The number of ether oxygens (including phenoxy) is 2. The number of nitrogens with one attached hydrogen (secondary N) is 2. The molecule has 0 radical (unpaired) electrons. The Morgan fingerprint density at radius 3 is 2.65 bits per heavy atom. The van der Waals surface area contributed by atoms with Gasteiger partial charge in [0.1, 0.15) is 5.75 Å². The maximum Gasteiger partial charge on any atom is 0.264 e. The lowest BCUT2D eigenvalue weighted by Gasteiger charge is -2.31. The lowest BCUT2D eigenvalue weighted by atomic mass is 9.82. The summed E-state index contributed by atoms with van der Waals surface area (Å²) < 4.78 is 27.7. The number of rotatable bonds is 8. The third kappa shape index (κ3) is 5.06. The number of benzene rings is 2. The number of anilines is 2. The molecule has 2 saturated heterocycles. The molecular formula is C30H40FN3O5Si. The fraction of sp³-hybridized carbons (Fsp3) is 0.533. The number of hydrogen-bond acceptors (Lipinski definition) is 6. The SMILES string of the molecule is COc1ccc2c(c1)[C@]1(O[C@@H](CCO)[C@H]([Si](C)(C)F)[C@H]1C)C(=O)N2Cc1ccc(NC(=O)C2CCCNC2)cc1. The Morgan fingerprint density at radius 2 is 2.02 bits per heavy atom. The van der Waals surface area contributed by atoms with Crippen LogP contribution in [0.15, 0.2) is 42.5 Å². The van der Waals surface area contributed by atoms with Gasteiger partial charge in [-0.25, -0.2) is 0 Å². The van der Waals surface area contributed by atoms with E-state index in [1.165, 1.54) is 0 Å². The Hall–Kier alpha value is -2.79. The number of aliphatic hydroxyl groups excluding tert-OH is 1. The number of carbonyl (C=O) groups is 2. The molecule has 0 bridgehead atoms. The number of fused-ring (bicyclic) bond motifs is 2. The molecule has 0 saturated carbocycles. The lowest BCUT2D eigenvalue weighted by Crippen LogP contribution is -2.45. The third-order valence-corrected chi connectivity index (χ3v) is 11.3. The lowest BCUT2D eigenvalue weighted by molar-refractivity contribution is -0.146. The minimum absolute atomic E-state index is 0.0122. The summed E-state index contributed by atoms with van der Waals surface area (Å²) >= 11 is 0. The zero-order valence-electron chi connectivity index (χ0n) is 23.7. The highest BCUT2D eigenvalue weighted by atomic mass is 28.4. The number of aliphatic hydroxyl groups is 1. The second-order valence-corrected chi connectivity index (χ2v) is 15.6. The van der Waals surface area contributed by atoms with E-state index in [1.54, 1.807) is 25.1 Å². The Bertz CT molecular complexity index is 1250. The van der Waals surface area contributed by atoms with Gasteiger partial charge < -0.3 is 34.2 Å². The van der Waals surface area contributed by atoms with E-state index in [4.69, 9.17) is 9.47 Å². The molecule has 3 aliphatic heterocycles. The molecule has 2 aromatic rings. The van der Waals surface area contributed by atoms with Crippen LogP contribution in [0.2, 0.25) is 18.6 Å². The molecular weight excluding hydrogens is 529 g/mol. The average molecular weight is 570 g/mol. The molecule has 0 aliphatic carbocycles. The summed E-state index contributed by atoms with van der Waals surface area (Å²) in [4.78, 5) is 28.7. The van der Waals surface area contributed by atoms with Gasteiger partial charge in [0.05, 0.1) is 31.4 Å². The number of carbonyl (C=O) groups excluding carboxylic acids is 2. The molecule has 5 atom stereocenters. The van der Waals surface area contributed by atoms with E-state index in [0.717, 1.165) is 24.9 Å². The van der Waals surface area contributed by atoms with Crippen LogP contribution in [0.1, 0.15) is 37.3 Å². The zero-order chi connectivity index (χ0) is 28.7. The van der Waals surface area contributed by atoms with Crippen LogP contribution in [0.25, 0.3) is 0 Å². The molecule has 1 spiro atoms. The molecule has 3 heterocycles. The van der Waals surface area contributed by atoms with Crippen LogP contribution >= 0.6 is 0 Å². The van der Waals surface area contributed by atoms with Crippen LogP contribution < -0.4 is 20.3 Å². The van der Waals surface area contributed by atoms with Gasteiger partial charge in [-0.05, 0) is 74.8 Å². The molecule has 8 nitrogen and oxygen atoms in total. The minimum atomic E-state index is -3.26. The topological polar surface area (TPSA) is 100 Å². The van der Waals surface area contributed by atoms with Crippen molar-refractivity contribution in [3.8, 4) is 5.75 Å². The number of piperidine rings is 1. The average Bonchev–Trinajstić information content (AvgIpc) is 3.36. The molecule has 216 valence electrons. The van der Waals surface area contributed by atoms with Crippen molar-refractivity contribution in [1.82, 2.24) is 5.32 Å². The van der Waals surface area contributed by atoms with E-state index in [9.17, 15) is 14.7 Å². The normalized spacial score (nSPS) is 28.1. The van der Waals surface area contributed by atoms with Gasteiger partial charge in [0.15, 0.2) is 5.60 Å². The standard InChI is InChI=1S/C30H40FN3O5Si/c1-19-27(40(3,4)31)26(13-15-35)39-30(19)24-16-23(38-2)11-12-25(24)34(29(30)37)18-20-7-9-22(10-8-20)33-28(36)21-6-5-14-32-17-21/h7-12,16,19,21,26-27,32,35H,5-6,13-15,17-18H2,1-4H3,(H,33,36)/t19-,21?,26+,27-,30+/m1/s1. The highest BCUT2D eigenvalue weighted by Crippen LogP contribution is 2.60. The number of nitrogens with zero attached hydrogens (tertiary/aromatic N) is 1. The van der Waals surface area contributed by atoms with Gasteiger partial charge in [0.2, 0.25) is 14.3 Å². The van der Waals surface area contributed by atoms with Crippen molar-refractivity contribution in [1.29, 1.82) is 0 Å². The molecule has 3 aliphatic rings. The van der Waals surface area contributed by atoms with Gasteiger partial charge in [-0.2, -0.15) is 0 Å². The van der Waals surface area contributed by atoms with E-state index < -0.39 is 31.6 Å². The maximum atomic E-state index is 15.7. The number of amides is 2. The first-order chi connectivity index (χ1) is 19.1. The first-order valence-electron chi connectivity index (χ1n) is 14.2. The molecule has 1 unspecified atom stereocenters. The fourth-order valence-corrected chi connectivity index (χ4v) is 9.45. The van der Waals surface area contributed by atoms with Crippen LogP contribution in [-0.4, -0.2) is 58.2 Å². The number of hydrogen-bond donors (Lipinski definition) is 3. The highest BCUT2D eigenvalue weighted by molar-refractivity contribution is 6.72. The van der Waals surface area contributed by atoms with Crippen molar-refractivity contribution < 1.29 is 28.3 Å². The molecule has 5 rings (SSSR count). The summed E-state index contributed by atoms with van der Waals surface area (Å²) in [5, 5.41) is 16.0. The maximum absolute atomic E-state index is 15.7. The molecule has 2 amide bonds. The van der Waals surface area contributed by atoms with E-state index in [1.807, 2.05) is 49.4 Å². The largest absolute Gasteiger partial charge is 0.497 e. The predicted octanol–water partition coefficient (Wildman–Crippen LogP) is 4.34. The summed E-state index contributed by atoms with van der Waals surface area (Å²) in [5.74, 6) is -0.0847. The van der Waals surface area contributed by atoms with Crippen molar-refractivity contribution in [3.63, 3.8) is 0 Å². The number of halogens is 1. The Balaban J connectivity index is 1.43. The predicted molar refractivity (Wildman–Crippen MR) is 155 cm³/mol. The first-order valence-corrected chi connectivity index (χ1v) is 17.1. The van der Waals surface area contributed by atoms with Gasteiger partial charge in [-0.15, -0.1) is 0 Å². The van der Waals surface area contributed by atoms with Crippen molar-refractivity contribution in [2.75, 3.05) is 37.0 Å². The molecule has 40 heavy (non-hydrogen) atoms. The minimum Gasteiger partial charge on any atom is -0.497 e. The van der Waals surface area contributed by atoms with Crippen LogP contribution in [0.3, 0.4) is 0 Å². The van der Waals surface area contributed by atoms with Gasteiger partial charge in [0, 0.05) is 35.9 Å². The van der Waals surface area contributed by atoms with Gasteiger partial charge in [-0.3, -0.25) is 9.59 Å². The summed E-state index contributed by atoms with van der Waals surface area (Å²) in [6.45, 7) is 6.99. The van der Waals surface area contributed by atoms with Gasteiger partial charge in [-0.1, -0.05) is 19.1 Å². The zero-order valence-corrected chi connectivity index (χ0v) is 24.7. The summed E-state index contributed by atoms with van der Waals surface area (Å²) in [6.07, 6.45) is 1.58. The van der Waals surface area contributed by atoms with E-state index in [2.05, 4.69) is 10.6 Å². The summed E-state index contributed by atoms with van der Waals surface area (Å²) in [5.41, 5.74) is 1.18. The molecule has 3 N–H and O–H groups in total. The molecule has 10 heteroatoms. The highest BCUT2D eigenvalue weighted by Gasteiger charge is 2.66. The first kappa shape index (κ1) is 28.7. The number of methoxy groups -OCH3 is 1. The van der Waals surface area contributed by atoms with Gasteiger partial charge in [0.25, 0.3) is 5.91 Å². The Kier molecular flexibility index (Phi) is 8.07. The van der Waals surface area contributed by atoms with Crippen LogP contribution in [0.4, 0.5) is 15.5 Å². The Labute approximate surface area is 236 Å². The van der Waals surface area contributed by atoms with Crippen molar-refractivity contribution in [3.05, 3.63) is 53.6 Å². The van der Waals surface area contributed by atoms with Crippen molar-refractivity contribution in [2.24, 2.45) is 11.8 Å². The van der Waals surface area contributed by atoms with Crippen molar-refractivity contribution in [2.45, 2.75) is 63.1 Å². The van der Waals surface area contributed by atoms with E-state index in [0.29, 0.717) is 35.8 Å². The van der Waals surface area contributed by atoms with Crippen LogP contribution in [0.5, 0.6) is 5.75 Å². The van der Waals surface area contributed by atoms with Crippen LogP contribution in [-0.2, 0) is 26.5 Å². The van der Waals surface area contributed by atoms with Crippen molar-refractivity contribution >= 4 is 31.6 Å². The Morgan fingerprint density at radius 1 is 1.27 bits per heavy atom. The van der Waals surface area contributed by atoms with E-state index in [-0.39, 0.29) is 30.8 Å². The molecule has 0 aromatic heterocycles. The summed E-state index contributed by atoms with van der Waals surface area (Å²) in [7, 11) is -1.69. The third-order valence-electron chi connectivity index (χ3n) is 8.81. The molecule has 2 aromatic carbocycles. The van der Waals surface area contributed by atoms with Crippen LogP contribution in [0, 0.1) is 11.8 Å².